The highest BCUT2D eigenvalue weighted by molar-refractivity contribution is 5.69. The Kier molecular flexibility index (Phi) is 5.83. The van der Waals surface area contributed by atoms with Gasteiger partial charge >= 0.3 is 5.97 Å². The highest BCUT2D eigenvalue weighted by atomic mass is 16.5. The number of aliphatic hydroxyl groups is 1. The molecule has 1 atom stereocenters. The van der Waals surface area contributed by atoms with Crippen molar-refractivity contribution in [1.82, 2.24) is 4.90 Å². The first kappa shape index (κ1) is 14.4. The van der Waals surface area contributed by atoms with E-state index in [1.54, 1.807) is 13.8 Å². The van der Waals surface area contributed by atoms with Crippen LogP contribution in [-0.4, -0.2) is 47.8 Å². The number of carbonyl (C=O) groups is 1. The van der Waals surface area contributed by atoms with Crippen LogP contribution in [0.5, 0.6) is 0 Å². The number of hydrogen-bond donors (Lipinski definition) is 1. The van der Waals surface area contributed by atoms with Gasteiger partial charge in [-0.2, -0.15) is 0 Å². The second kappa shape index (κ2) is 6.08. The number of likely N-dealkylation sites (N-methyl/N-ethyl adjacent to an activating group) is 1. The van der Waals surface area contributed by atoms with Crippen molar-refractivity contribution in [2.24, 2.45) is 0 Å². The molecule has 0 bridgehead atoms. The van der Waals surface area contributed by atoms with Crippen molar-refractivity contribution >= 4 is 5.97 Å². The molecule has 0 aliphatic heterocycles. The molecule has 90 valence electrons. The molecule has 0 amide bonds. The average Bonchev–Trinajstić information content (AvgIpc) is 2.12. The fourth-order valence-corrected chi connectivity index (χ4v) is 1.53. The second-order valence-corrected chi connectivity index (χ2v) is 4.50. The first-order chi connectivity index (χ1) is 6.80. The van der Waals surface area contributed by atoms with E-state index in [0.717, 1.165) is 6.54 Å². The molecule has 0 aliphatic carbocycles. The van der Waals surface area contributed by atoms with Crippen molar-refractivity contribution in [3.05, 3.63) is 0 Å². The fraction of sp³-hybridized carbons (Fsp3) is 0.909. The highest BCUT2D eigenvalue weighted by Gasteiger charge is 2.22. The Morgan fingerprint density at radius 1 is 1.53 bits per heavy atom. The highest BCUT2D eigenvalue weighted by Crippen LogP contribution is 2.10. The van der Waals surface area contributed by atoms with E-state index in [4.69, 9.17) is 0 Å². The van der Waals surface area contributed by atoms with Gasteiger partial charge in [-0.15, -0.1) is 0 Å². The molecular weight excluding hydrogens is 194 g/mol. The molecule has 1 N–H and O–H groups in total. The summed E-state index contributed by atoms with van der Waals surface area (Å²) in [5.41, 5.74) is -0.736. The molecule has 0 heterocycles. The number of hydrogen-bond acceptors (Lipinski definition) is 4. The van der Waals surface area contributed by atoms with E-state index >= 15 is 0 Å². The van der Waals surface area contributed by atoms with Gasteiger partial charge in [0.2, 0.25) is 0 Å². The molecule has 4 nitrogen and oxygen atoms in total. The summed E-state index contributed by atoms with van der Waals surface area (Å²) < 4.78 is 4.62. The maximum Gasteiger partial charge on any atom is 0.307 e. The maximum atomic E-state index is 11.1. The Morgan fingerprint density at radius 3 is 2.40 bits per heavy atom. The Morgan fingerprint density at radius 2 is 2.07 bits per heavy atom. The number of esters is 1. The van der Waals surface area contributed by atoms with E-state index in [-0.39, 0.29) is 12.0 Å². The summed E-state index contributed by atoms with van der Waals surface area (Å²) in [7, 11) is 1.39. The molecule has 0 saturated carbocycles. The van der Waals surface area contributed by atoms with Gasteiger partial charge in [0, 0.05) is 12.6 Å². The molecule has 0 spiro atoms. The normalized spacial score (nSPS) is 14.1. The van der Waals surface area contributed by atoms with Crippen LogP contribution in [0.25, 0.3) is 0 Å². The van der Waals surface area contributed by atoms with Gasteiger partial charge in [-0.3, -0.25) is 9.69 Å². The lowest BCUT2D eigenvalue weighted by Gasteiger charge is -2.32. The first-order valence-corrected chi connectivity index (χ1v) is 5.33. The van der Waals surface area contributed by atoms with Crippen LogP contribution in [0.3, 0.4) is 0 Å². The molecule has 0 aliphatic rings. The summed E-state index contributed by atoms with van der Waals surface area (Å²) >= 11 is 0. The van der Waals surface area contributed by atoms with E-state index < -0.39 is 5.60 Å². The van der Waals surface area contributed by atoms with E-state index in [2.05, 4.69) is 9.64 Å². The van der Waals surface area contributed by atoms with Crippen molar-refractivity contribution < 1.29 is 14.6 Å². The topological polar surface area (TPSA) is 49.8 Å². The zero-order valence-electron chi connectivity index (χ0n) is 10.4. The summed E-state index contributed by atoms with van der Waals surface area (Å²) in [6, 6.07) is 0.0916. The molecule has 1 unspecified atom stereocenters. The molecule has 15 heavy (non-hydrogen) atoms. The third kappa shape index (κ3) is 6.47. The van der Waals surface area contributed by atoms with Crippen LogP contribution >= 0.6 is 0 Å². The summed E-state index contributed by atoms with van der Waals surface area (Å²) in [4.78, 5) is 13.2. The third-order valence-electron chi connectivity index (χ3n) is 2.31. The Balaban J connectivity index is 4.22. The Labute approximate surface area is 92.2 Å². The van der Waals surface area contributed by atoms with E-state index in [1.165, 1.54) is 7.11 Å². The van der Waals surface area contributed by atoms with Crippen LogP contribution in [-0.2, 0) is 9.53 Å². The Bertz CT molecular complexity index is 198. The van der Waals surface area contributed by atoms with Crippen LogP contribution in [0, 0.1) is 0 Å². The number of rotatable bonds is 6. The zero-order valence-corrected chi connectivity index (χ0v) is 10.4. The van der Waals surface area contributed by atoms with E-state index in [0.29, 0.717) is 13.0 Å². The predicted octanol–water partition coefficient (Wildman–Crippen LogP) is 1.03. The zero-order chi connectivity index (χ0) is 12.1. The monoisotopic (exact) mass is 217 g/mol. The van der Waals surface area contributed by atoms with Gasteiger partial charge in [0.25, 0.3) is 0 Å². The predicted molar refractivity (Wildman–Crippen MR) is 59.6 cm³/mol. The minimum atomic E-state index is -0.736. The van der Waals surface area contributed by atoms with Crippen LogP contribution in [0.4, 0.5) is 0 Å². The number of methoxy groups -OCH3 is 1. The van der Waals surface area contributed by atoms with Gasteiger partial charge in [-0.25, -0.2) is 0 Å². The summed E-state index contributed by atoms with van der Waals surface area (Å²) in [6.07, 6.45) is 0.362. The largest absolute Gasteiger partial charge is 0.469 e. The van der Waals surface area contributed by atoms with Gasteiger partial charge in [0.1, 0.15) is 0 Å². The minimum Gasteiger partial charge on any atom is -0.469 e. The molecule has 0 rings (SSSR count). The molecule has 0 fully saturated rings. The molecule has 4 heteroatoms. The standard InChI is InChI=1S/C11H23NO3/c1-6-12(8-11(3,4)14)9(2)7-10(13)15-5/h9,14H,6-8H2,1-5H3. The molecular formula is C11H23NO3. The van der Waals surface area contributed by atoms with Crippen LogP contribution in [0.1, 0.15) is 34.1 Å². The van der Waals surface area contributed by atoms with Gasteiger partial charge < -0.3 is 9.84 Å². The van der Waals surface area contributed by atoms with E-state index in [9.17, 15) is 9.90 Å². The molecule has 0 aromatic heterocycles. The Hall–Kier alpha value is -0.610. The first-order valence-electron chi connectivity index (χ1n) is 5.33. The van der Waals surface area contributed by atoms with Gasteiger partial charge in [-0.05, 0) is 27.3 Å². The summed E-state index contributed by atoms with van der Waals surface area (Å²) in [6.45, 7) is 8.87. The minimum absolute atomic E-state index is 0.0916. The van der Waals surface area contributed by atoms with Crippen LogP contribution in [0.2, 0.25) is 0 Å². The second-order valence-electron chi connectivity index (χ2n) is 4.50. The lowest BCUT2D eigenvalue weighted by Crippen LogP contribution is -2.44. The average molecular weight is 217 g/mol. The fourth-order valence-electron chi connectivity index (χ4n) is 1.53. The molecule has 0 aromatic carbocycles. The number of ether oxygens (including phenoxy) is 1. The quantitative estimate of drug-likeness (QED) is 0.675. The molecule has 0 radical (unpaired) electrons. The SMILES string of the molecule is CCN(CC(C)(C)O)C(C)CC(=O)OC. The third-order valence-corrected chi connectivity index (χ3v) is 2.31. The van der Waals surface area contributed by atoms with Gasteiger partial charge in [0.15, 0.2) is 0 Å². The smallest absolute Gasteiger partial charge is 0.307 e. The maximum absolute atomic E-state index is 11.1. The lowest BCUT2D eigenvalue weighted by molar-refractivity contribution is -0.142. The van der Waals surface area contributed by atoms with Crippen LogP contribution < -0.4 is 0 Å². The summed E-state index contributed by atoms with van der Waals surface area (Å²) in [5, 5.41) is 9.70. The molecule has 0 aromatic rings. The van der Waals surface area contributed by atoms with Gasteiger partial charge in [-0.1, -0.05) is 6.92 Å². The molecule has 0 saturated heterocycles. The van der Waals surface area contributed by atoms with Crippen molar-refractivity contribution in [3.8, 4) is 0 Å². The van der Waals surface area contributed by atoms with Crippen molar-refractivity contribution in [3.63, 3.8) is 0 Å². The summed E-state index contributed by atoms with van der Waals surface area (Å²) in [5.74, 6) is -0.211. The van der Waals surface area contributed by atoms with Crippen molar-refractivity contribution in [2.75, 3.05) is 20.2 Å². The van der Waals surface area contributed by atoms with Crippen molar-refractivity contribution in [2.45, 2.75) is 45.8 Å². The van der Waals surface area contributed by atoms with Gasteiger partial charge in [0.05, 0.1) is 19.1 Å². The van der Waals surface area contributed by atoms with Crippen molar-refractivity contribution in [1.29, 1.82) is 0 Å². The van der Waals surface area contributed by atoms with Crippen LogP contribution in [0.15, 0.2) is 0 Å². The lowest BCUT2D eigenvalue weighted by atomic mass is 10.1. The number of nitrogens with zero attached hydrogens (tertiary/aromatic N) is 1. The number of carbonyl (C=O) groups excluding carboxylic acids is 1. The van der Waals surface area contributed by atoms with E-state index in [1.807, 2.05) is 13.8 Å².